The monoisotopic (exact) mass is 619 g/mol. The van der Waals surface area contributed by atoms with Gasteiger partial charge in [-0.2, -0.15) is 0 Å². The Morgan fingerprint density at radius 3 is 2.44 bits per heavy atom. The molecule has 1 aromatic heterocycles. The number of ether oxygens (including phenoxy) is 2. The summed E-state index contributed by atoms with van der Waals surface area (Å²) < 4.78 is 41.0. The van der Waals surface area contributed by atoms with E-state index in [4.69, 9.17) is 9.47 Å². The second kappa shape index (κ2) is 13.5. The molecule has 4 heterocycles. The van der Waals surface area contributed by atoms with E-state index in [0.717, 1.165) is 49.5 Å². The number of nitrogens with zero attached hydrogens (tertiary/aromatic N) is 3. The summed E-state index contributed by atoms with van der Waals surface area (Å²) in [4.78, 5) is 32.8. The fraction of sp³-hybridized carbons (Fsp3) is 0.457. The Morgan fingerprint density at radius 1 is 0.978 bits per heavy atom. The summed E-state index contributed by atoms with van der Waals surface area (Å²) in [6, 6.07) is 13.6. The van der Waals surface area contributed by atoms with E-state index in [0.29, 0.717) is 56.6 Å². The van der Waals surface area contributed by atoms with Crippen LogP contribution in [0.25, 0.3) is 11.3 Å². The molecule has 45 heavy (non-hydrogen) atoms. The lowest BCUT2D eigenvalue weighted by Crippen LogP contribution is -2.41. The van der Waals surface area contributed by atoms with Crippen molar-refractivity contribution in [2.24, 2.45) is 11.8 Å². The number of aryl methyl sites for hydroxylation is 1. The number of aliphatic carboxylic acids is 1. The van der Waals surface area contributed by atoms with Crippen LogP contribution in [0.5, 0.6) is 5.75 Å². The lowest BCUT2D eigenvalue weighted by Gasteiger charge is -2.33. The summed E-state index contributed by atoms with van der Waals surface area (Å²) in [5, 5.41) is 9.32. The highest BCUT2D eigenvalue weighted by Gasteiger charge is 2.31. The molecule has 2 aromatic carbocycles. The number of likely N-dealkylation sites (tertiary alicyclic amines) is 1. The summed E-state index contributed by atoms with van der Waals surface area (Å²) in [6.45, 7) is 5.86. The van der Waals surface area contributed by atoms with Gasteiger partial charge in [-0.15, -0.1) is 0 Å². The summed E-state index contributed by atoms with van der Waals surface area (Å²) in [5.74, 6) is -1.57. The van der Waals surface area contributed by atoms with Gasteiger partial charge in [0.15, 0.2) is 11.6 Å². The number of hydrogen-bond donors (Lipinski definition) is 1. The number of anilines is 1. The van der Waals surface area contributed by atoms with Crippen LogP contribution >= 0.6 is 0 Å². The molecule has 0 radical (unpaired) electrons. The van der Waals surface area contributed by atoms with Crippen molar-refractivity contribution in [2.75, 3.05) is 44.3 Å². The van der Waals surface area contributed by atoms with Crippen LogP contribution < -0.4 is 9.64 Å². The lowest BCUT2D eigenvalue weighted by molar-refractivity contribution is -0.142. The number of hydrogen-bond acceptors (Lipinski definition) is 6. The minimum Gasteiger partial charge on any atom is -0.485 e. The number of carbonyl (C=O) groups is 2. The molecule has 1 N–H and O–H groups in total. The normalized spacial score (nSPS) is 19.6. The molecule has 0 bridgehead atoms. The van der Waals surface area contributed by atoms with Crippen LogP contribution in [-0.2, 0) is 20.9 Å². The van der Waals surface area contributed by atoms with Crippen LogP contribution in [0.4, 0.5) is 14.6 Å². The van der Waals surface area contributed by atoms with Gasteiger partial charge in [-0.1, -0.05) is 24.3 Å². The molecular formula is C35H39F2N3O5. The van der Waals surface area contributed by atoms with Gasteiger partial charge in [0.25, 0.3) is 0 Å². The van der Waals surface area contributed by atoms with Crippen molar-refractivity contribution in [3.8, 4) is 17.0 Å². The average Bonchev–Trinajstić information content (AvgIpc) is 3.60. The number of carboxylic acid groups (broad SMARTS) is 1. The Labute approximate surface area is 262 Å². The Balaban J connectivity index is 1.13. The van der Waals surface area contributed by atoms with Crippen LogP contribution in [0.15, 0.2) is 48.5 Å². The van der Waals surface area contributed by atoms with E-state index in [9.17, 15) is 19.1 Å². The van der Waals surface area contributed by atoms with Gasteiger partial charge in [-0.05, 0) is 79.8 Å². The molecule has 6 rings (SSSR count). The van der Waals surface area contributed by atoms with E-state index in [1.807, 2.05) is 28.9 Å². The second-order valence-corrected chi connectivity index (χ2v) is 12.4. The third-order valence-corrected chi connectivity index (χ3v) is 9.48. The quantitative estimate of drug-likeness (QED) is 0.333. The lowest BCUT2D eigenvalue weighted by atomic mass is 9.87. The van der Waals surface area contributed by atoms with E-state index in [1.54, 1.807) is 12.1 Å². The standard InChI is InChI=1S/C35H39F2N3O5/c1-22-17-25(23-7-14-40(15-8-23)34(41)27-11-16-44-20-27)5-6-26(22)21-45-33-29(18-28(36)19-30(33)37)31-3-2-4-32(38-31)39-12-9-24(10-13-39)35(42)43/h2-6,17-19,23-24,27H,7-16,20-21H2,1H3,(H,42,43)/t27-/m0/s1. The van der Waals surface area contributed by atoms with Gasteiger partial charge in [0, 0.05) is 44.4 Å². The van der Waals surface area contributed by atoms with Crippen molar-refractivity contribution >= 4 is 17.7 Å². The van der Waals surface area contributed by atoms with Gasteiger partial charge >= 0.3 is 5.97 Å². The molecule has 0 spiro atoms. The molecule has 3 aromatic rings. The Morgan fingerprint density at radius 2 is 1.76 bits per heavy atom. The summed E-state index contributed by atoms with van der Waals surface area (Å²) in [6.07, 6.45) is 3.64. The van der Waals surface area contributed by atoms with Crippen molar-refractivity contribution < 1.29 is 33.0 Å². The first-order chi connectivity index (χ1) is 21.8. The third-order valence-electron chi connectivity index (χ3n) is 9.48. The molecule has 0 saturated carbocycles. The molecule has 3 aliphatic rings. The maximum Gasteiger partial charge on any atom is 0.306 e. The van der Waals surface area contributed by atoms with Crippen LogP contribution in [-0.4, -0.2) is 66.3 Å². The van der Waals surface area contributed by atoms with Crippen molar-refractivity contribution in [3.05, 3.63) is 76.9 Å². The minimum absolute atomic E-state index is 0.00232. The molecule has 3 saturated heterocycles. The number of carboxylic acids is 1. The first-order valence-electron chi connectivity index (χ1n) is 15.8. The predicted octanol–water partition coefficient (Wildman–Crippen LogP) is 5.96. The Bertz CT molecular complexity index is 1540. The van der Waals surface area contributed by atoms with Crippen LogP contribution in [0.1, 0.15) is 54.7 Å². The molecule has 0 aliphatic carbocycles. The molecule has 10 heteroatoms. The minimum atomic E-state index is -0.806. The number of carbonyl (C=O) groups excluding carboxylic acids is 1. The van der Waals surface area contributed by atoms with E-state index in [1.165, 1.54) is 11.6 Å². The van der Waals surface area contributed by atoms with E-state index in [-0.39, 0.29) is 35.7 Å². The number of piperidine rings is 2. The fourth-order valence-corrected chi connectivity index (χ4v) is 6.71. The van der Waals surface area contributed by atoms with E-state index < -0.39 is 17.6 Å². The SMILES string of the molecule is Cc1cc(C2CCN(C(=O)[C@H]3CCOC3)CC2)ccc1COc1c(F)cc(F)cc1-c1cccc(N2CCC(C(=O)O)CC2)n1. The predicted molar refractivity (Wildman–Crippen MR) is 165 cm³/mol. The smallest absolute Gasteiger partial charge is 0.306 e. The van der Waals surface area contributed by atoms with Gasteiger partial charge in [0.05, 0.1) is 24.1 Å². The fourth-order valence-electron chi connectivity index (χ4n) is 6.71. The highest BCUT2D eigenvalue weighted by atomic mass is 19.1. The average molecular weight is 620 g/mol. The number of halogens is 2. The number of rotatable bonds is 8. The van der Waals surface area contributed by atoms with Gasteiger partial charge in [0.1, 0.15) is 18.2 Å². The maximum absolute atomic E-state index is 15.2. The van der Waals surface area contributed by atoms with Gasteiger partial charge in [0.2, 0.25) is 5.91 Å². The number of amides is 1. The van der Waals surface area contributed by atoms with Crippen LogP contribution in [0.2, 0.25) is 0 Å². The number of aromatic nitrogens is 1. The van der Waals surface area contributed by atoms with Crippen LogP contribution in [0, 0.1) is 30.4 Å². The van der Waals surface area contributed by atoms with Crippen molar-refractivity contribution in [1.82, 2.24) is 9.88 Å². The summed E-state index contributed by atoms with van der Waals surface area (Å²) in [5.41, 5.74) is 3.72. The Kier molecular flexibility index (Phi) is 9.30. The molecule has 1 atom stereocenters. The third kappa shape index (κ3) is 6.96. The summed E-state index contributed by atoms with van der Waals surface area (Å²) in [7, 11) is 0. The topological polar surface area (TPSA) is 92.2 Å². The zero-order valence-electron chi connectivity index (χ0n) is 25.5. The summed E-state index contributed by atoms with van der Waals surface area (Å²) >= 11 is 0. The van der Waals surface area contributed by atoms with E-state index in [2.05, 4.69) is 17.1 Å². The first kappa shape index (κ1) is 31.0. The zero-order valence-corrected chi connectivity index (χ0v) is 25.5. The molecule has 1 amide bonds. The number of benzene rings is 2. The maximum atomic E-state index is 15.2. The zero-order chi connectivity index (χ0) is 31.5. The Hall–Kier alpha value is -4.05. The highest BCUT2D eigenvalue weighted by Crippen LogP contribution is 2.36. The van der Waals surface area contributed by atoms with Crippen LogP contribution in [0.3, 0.4) is 0 Å². The highest BCUT2D eigenvalue weighted by molar-refractivity contribution is 5.79. The first-order valence-corrected chi connectivity index (χ1v) is 15.8. The van der Waals surface area contributed by atoms with Gasteiger partial charge in [-0.3, -0.25) is 9.59 Å². The van der Waals surface area contributed by atoms with Gasteiger partial charge < -0.3 is 24.4 Å². The number of pyridine rings is 1. The van der Waals surface area contributed by atoms with Crippen molar-refractivity contribution in [3.63, 3.8) is 0 Å². The molecule has 0 unspecified atom stereocenters. The molecule has 3 aliphatic heterocycles. The van der Waals surface area contributed by atoms with Crippen molar-refractivity contribution in [1.29, 1.82) is 0 Å². The second-order valence-electron chi connectivity index (χ2n) is 12.4. The molecule has 238 valence electrons. The largest absolute Gasteiger partial charge is 0.485 e. The van der Waals surface area contributed by atoms with Crippen molar-refractivity contribution in [2.45, 2.75) is 51.6 Å². The molecule has 3 fully saturated rings. The van der Waals surface area contributed by atoms with Gasteiger partial charge in [-0.25, -0.2) is 13.8 Å². The molecule has 8 nitrogen and oxygen atoms in total. The molecular weight excluding hydrogens is 580 g/mol. The van der Waals surface area contributed by atoms with E-state index >= 15 is 4.39 Å².